The van der Waals surface area contributed by atoms with E-state index in [0.29, 0.717) is 6.54 Å². The lowest BCUT2D eigenvalue weighted by Crippen LogP contribution is -2.13. The first-order chi connectivity index (χ1) is 17.9. The third kappa shape index (κ3) is 11.5. The third-order valence-electron chi connectivity index (χ3n) is 5.39. The molecule has 7 heteroatoms. The van der Waals surface area contributed by atoms with Crippen LogP contribution in [0, 0.1) is 0 Å². The Morgan fingerprint density at radius 3 is 1.43 bits per heavy atom. The summed E-state index contributed by atoms with van der Waals surface area (Å²) in [5.74, 6) is 0. The highest BCUT2D eigenvalue weighted by atomic mass is 16.1. The van der Waals surface area contributed by atoms with E-state index in [1.54, 1.807) is 12.4 Å². The number of nitrogens with zero attached hydrogens (tertiary/aromatic N) is 4. The highest BCUT2D eigenvalue weighted by molar-refractivity contribution is 5.75. The molecule has 3 N–H and O–H groups in total. The van der Waals surface area contributed by atoms with Gasteiger partial charge in [0.15, 0.2) is 0 Å². The molecule has 0 aliphatic rings. The maximum Gasteiger partial charge on any atom is 0.150 e. The van der Waals surface area contributed by atoms with Gasteiger partial charge in [-0.05, 0) is 77.4 Å². The standard InChI is InChI=1S/C15H19N3.C9H11NO.C6H8N2/c1-18(2)15-5-3-13(4-6-15)11-17-12-14-7-9-16-10-8-14;1-10(2)9-5-3-8(7-11)4-6-9;7-5-6-1-3-8-4-2-6/h3-10,17H,11-12H2,1-2H3;3-7H,1-2H3;1-4H,5,7H2. The molecule has 37 heavy (non-hydrogen) atoms. The van der Waals surface area contributed by atoms with Gasteiger partial charge in [0, 0.05) is 89.6 Å². The van der Waals surface area contributed by atoms with Gasteiger partial charge in [0.05, 0.1) is 0 Å². The minimum atomic E-state index is 0.600. The Balaban J connectivity index is 0.000000215. The van der Waals surface area contributed by atoms with Gasteiger partial charge in [-0.1, -0.05) is 12.1 Å². The number of pyridine rings is 2. The quantitative estimate of drug-likeness (QED) is 0.345. The van der Waals surface area contributed by atoms with Gasteiger partial charge in [-0.3, -0.25) is 14.8 Å². The number of benzene rings is 2. The van der Waals surface area contributed by atoms with Crippen LogP contribution in [0.1, 0.15) is 27.0 Å². The predicted molar refractivity (Wildman–Crippen MR) is 154 cm³/mol. The molecule has 0 aliphatic heterocycles. The molecule has 7 nitrogen and oxygen atoms in total. The smallest absolute Gasteiger partial charge is 0.150 e. The second-order valence-corrected chi connectivity index (χ2v) is 8.68. The minimum Gasteiger partial charge on any atom is -0.378 e. The second kappa shape index (κ2) is 16.6. The first-order valence-corrected chi connectivity index (χ1v) is 12.1. The summed E-state index contributed by atoms with van der Waals surface area (Å²) < 4.78 is 0. The molecule has 2 heterocycles. The SMILES string of the molecule is CN(C)c1ccc(C=O)cc1.CN(C)c1ccc(CNCc2ccncc2)cc1.NCc1ccncc1. The van der Waals surface area contributed by atoms with Crippen LogP contribution in [0.5, 0.6) is 0 Å². The number of aldehydes is 1. The normalized spacial score (nSPS) is 9.76. The first-order valence-electron chi connectivity index (χ1n) is 12.1. The number of hydrogen-bond donors (Lipinski definition) is 2. The molecule has 0 amide bonds. The topological polar surface area (TPSA) is 87.4 Å². The van der Waals surface area contributed by atoms with Crippen LogP contribution in [0.4, 0.5) is 11.4 Å². The van der Waals surface area contributed by atoms with Gasteiger partial charge in [0.25, 0.3) is 0 Å². The average molecular weight is 499 g/mol. The van der Waals surface area contributed by atoms with Gasteiger partial charge < -0.3 is 20.9 Å². The Bertz CT molecular complexity index is 1130. The summed E-state index contributed by atoms with van der Waals surface area (Å²) in [4.78, 5) is 22.2. The van der Waals surface area contributed by atoms with Crippen molar-refractivity contribution in [3.63, 3.8) is 0 Å². The zero-order valence-electron chi connectivity index (χ0n) is 22.2. The fraction of sp³-hybridized carbons (Fsp3) is 0.233. The van der Waals surface area contributed by atoms with E-state index >= 15 is 0 Å². The molecule has 0 saturated heterocycles. The van der Waals surface area contributed by atoms with Gasteiger partial charge in [-0.25, -0.2) is 0 Å². The molecule has 4 aromatic rings. The number of nitrogens with two attached hydrogens (primary N) is 1. The van der Waals surface area contributed by atoms with Crippen LogP contribution < -0.4 is 20.9 Å². The van der Waals surface area contributed by atoms with E-state index in [1.165, 1.54) is 16.8 Å². The van der Waals surface area contributed by atoms with Gasteiger partial charge >= 0.3 is 0 Å². The molecule has 0 spiro atoms. The van der Waals surface area contributed by atoms with E-state index in [-0.39, 0.29) is 0 Å². The third-order valence-corrected chi connectivity index (χ3v) is 5.39. The molecular weight excluding hydrogens is 460 g/mol. The zero-order chi connectivity index (χ0) is 26.9. The fourth-order valence-electron chi connectivity index (χ4n) is 3.13. The van der Waals surface area contributed by atoms with Crippen molar-refractivity contribution in [3.8, 4) is 0 Å². The maximum absolute atomic E-state index is 10.3. The van der Waals surface area contributed by atoms with Crippen LogP contribution >= 0.6 is 0 Å². The number of nitrogens with one attached hydrogen (secondary N) is 1. The van der Waals surface area contributed by atoms with Crippen molar-refractivity contribution < 1.29 is 4.79 Å². The van der Waals surface area contributed by atoms with Crippen LogP contribution in [0.25, 0.3) is 0 Å². The number of hydrogen-bond acceptors (Lipinski definition) is 7. The summed E-state index contributed by atoms with van der Waals surface area (Å²) in [6, 6.07) is 23.9. The predicted octanol–water partition coefficient (Wildman–Crippen LogP) is 4.54. The number of aromatic nitrogens is 2. The second-order valence-electron chi connectivity index (χ2n) is 8.68. The Morgan fingerprint density at radius 2 is 1.05 bits per heavy atom. The van der Waals surface area contributed by atoms with E-state index in [9.17, 15) is 4.79 Å². The molecule has 0 atom stereocenters. The van der Waals surface area contributed by atoms with E-state index in [2.05, 4.69) is 58.5 Å². The van der Waals surface area contributed by atoms with Crippen LogP contribution in [0.3, 0.4) is 0 Å². The lowest BCUT2D eigenvalue weighted by molar-refractivity contribution is 0.112. The molecule has 2 aromatic carbocycles. The lowest BCUT2D eigenvalue weighted by Gasteiger charge is -2.12. The zero-order valence-corrected chi connectivity index (χ0v) is 22.2. The van der Waals surface area contributed by atoms with Gasteiger partial charge in [0.1, 0.15) is 6.29 Å². The van der Waals surface area contributed by atoms with Crippen molar-refractivity contribution in [1.29, 1.82) is 0 Å². The first kappa shape index (κ1) is 29.2. The fourth-order valence-corrected chi connectivity index (χ4v) is 3.13. The summed E-state index contributed by atoms with van der Waals surface area (Å²) in [6.07, 6.45) is 7.97. The summed E-state index contributed by atoms with van der Waals surface area (Å²) in [5.41, 5.74) is 12.1. The molecule has 0 aliphatic carbocycles. The largest absolute Gasteiger partial charge is 0.378 e. The summed E-state index contributed by atoms with van der Waals surface area (Å²) in [7, 11) is 8.04. The van der Waals surface area contributed by atoms with Gasteiger partial charge in [-0.15, -0.1) is 0 Å². The average Bonchev–Trinajstić information content (AvgIpc) is 2.95. The van der Waals surface area contributed by atoms with Crippen molar-refractivity contribution in [2.45, 2.75) is 19.6 Å². The van der Waals surface area contributed by atoms with E-state index in [1.807, 2.05) is 79.9 Å². The van der Waals surface area contributed by atoms with Crippen molar-refractivity contribution in [1.82, 2.24) is 15.3 Å². The molecule has 0 saturated carbocycles. The van der Waals surface area contributed by atoms with Gasteiger partial charge in [-0.2, -0.15) is 0 Å². The van der Waals surface area contributed by atoms with Crippen LogP contribution in [-0.4, -0.2) is 44.4 Å². The molecule has 4 rings (SSSR count). The summed E-state index contributed by atoms with van der Waals surface area (Å²) in [5, 5.41) is 3.43. The van der Waals surface area contributed by atoms with E-state index in [4.69, 9.17) is 5.73 Å². The number of anilines is 2. The van der Waals surface area contributed by atoms with Crippen LogP contribution in [-0.2, 0) is 19.6 Å². The lowest BCUT2D eigenvalue weighted by atomic mass is 10.2. The Labute approximate surface area is 221 Å². The molecule has 0 unspecified atom stereocenters. The Hall–Kier alpha value is -4.07. The minimum absolute atomic E-state index is 0.600. The van der Waals surface area contributed by atoms with Crippen molar-refractivity contribution in [2.75, 3.05) is 38.0 Å². The van der Waals surface area contributed by atoms with E-state index < -0.39 is 0 Å². The maximum atomic E-state index is 10.3. The van der Waals surface area contributed by atoms with E-state index in [0.717, 1.165) is 36.2 Å². The Kier molecular flexibility index (Phi) is 13.1. The molecule has 0 radical (unpaired) electrons. The number of rotatable bonds is 8. The van der Waals surface area contributed by atoms with Crippen LogP contribution in [0.15, 0.2) is 97.6 Å². The monoisotopic (exact) mass is 498 g/mol. The van der Waals surface area contributed by atoms with Crippen LogP contribution in [0.2, 0.25) is 0 Å². The number of carbonyl (C=O) groups is 1. The van der Waals surface area contributed by atoms with Crippen molar-refractivity contribution in [3.05, 3.63) is 120 Å². The van der Waals surface area contributed by atoms with Gasteiger partial charge in [0.2, 0.25) is 0 Å². The molecule has 2 aromatic heterocycles. The Morgan fingerprint density at radius 1 is 0.649 bits per heavy atom. The van der Waals surface area contributed by atoms with Crippen molar-refractivity contribution >= 4 is 17.7 Å². The molecule has 194 valence electrons. The van der Waals surface area contributed by atoms with Crippen molar-refractivity contribution in [2.24, 2.45) is 5.73 Å². The molecule has 0 fully saturated rings. The summed E-state index contributed by atoms with van der Waals surface area (Å²) >= 11 is 0. The summed E-state index contributed by atoms with van der Waals surface area (Å²) in [6.45, 7) is 2.36. The highest BCUT2D eigenvalue weighted by Gasteiger charge is 1.97. The highest BCUT2D eigenvalue weighted by Crippen LogP contribution is 2.12. The molecule has 0 bridgehead atoms. The number of carbonyl (C=O) groups excluding carboxylic acids is 1. The molecular formula is C30H38N6O.